The summed E-state index contributed by atoms with van der Waals surface area (Å²) < 4.78 is 3.94. The van der Waals surface area contributed by atoms with E-state index in [0.29, 0.717) is 12.1 Å². The van der Waals surface area contributed by atoms with Crippen LogP contribution in [-0.4, -0.2) is 34.8 Å². The zero-order chi connectivity index (χ0) is 21.1. The Bertz CT molecular complexity index is 258. The van der Waals surface area contributed by atoms with E-state index in [1.165, 1.54) is 26.1 Å². The molecular formula is C19H45N3Si2W-4. The van der Waals surface area contributed by atoms with Crippen molar-refractivity contribution in [1.82, 2.24) is 0 Å². The van der Waals surface area contributed by atoms with Gasteiger partial charge in [0.1, 0.15) is 0 Å². The Labute approximate surface area is 174 Å². The van der Waals surface area contributed by atoms with Crippen molar-refractivity contribution >= 4 is 16.1 Å². The fourth-order valence-electron chi connectivity index (χ4n) is 0.513. The van der Waals surface area contributed by atoms with E-state index in [-0.39, 0.29) is 0 Å². The van der Waals surface area contributed by atoms with Gasteiger partial charge in [-0.15, -0.1) is 28.2 Å². The molecular weight excluding hydrogens is 510 g/mol. The molecule has 0 rings (SSSR count). The third kappa shape index (κ3) is 140. The molecule has 0 aliphatic carbocycles. The summed E-state index contributed by atoms with van der Waals surface area (Å²) in [6.07, 6.45) is 4.71. The van der Waals surface area contributed by atoms with Crippen LogP contribution in [0.15, 0.2) is 15.9 Å². The summed E-state index contributed by atoms with van der Waals surface area (Å²) in [7, 11) is -1.72. The van der Waals surface area contributed by atoms with Crippen molar-refractivity contribution in [3.63, 3.8) is 0 Å². The molecule has 0 aromatic rings. The molecule has 0 heterocycles. The van der Waals surface area contributed by atoms with Gasteiger partial charge in [-0.1, -0.05) is 67.0 Å². The topological polar surface area (TPSA) is 40.6 Å². The first-order valence-corrected chi connectivity index (χ1v) is 17.8. The largest absolute Gasteiger partial charge is 0.342 e. The number of rotatable bonds is 6. The maximum atomic E-state index is 4.12. The molecule has 0 aliphatic heterocycles. The summed E-state index contributed by atoms with van der Waals surface area (Å²) in [4.78, 5) is 0. The average molecular weight is 556 g/mol. The Morgan fingerprint density at radius 2 is 1.08 bits per heavy atom. The van der Waals surface area contributed by atoms with Crippen LogP contribution in [0.1, 0.15) is 41.0 Å². The first-order chi connectivity index (χ1) is 11.0. The van der Waals surface area contributed by atoms with Crippen LogP contribution in [0, 0.1) is 13.1 Å². The minimum absolute atomic E-state index is 0.374. The van der Waals surface area contributed by atoms with Gasteiger partial charge in [-0.3, -0.25) is 0 Å². The predicted octanol–water partition coefficient (Wildman–Crippen LogP) is 7.54. The standard InChI is InChI=1S/C8H16N2.2C4H11Si.C3H7N.W/c1-7(2)9-5-6-10-8(3)4;2*1-5(2,3)4;1-2-3-4;/h5-8H,1-4H3;2*1H2,2-4H3;2-3H2,1H3;/q-2;2*-1;;/b6-5-;;;;. The quantitative estimate of drug-likeness (QED) is 0.240. The fourth-order valence-corrected chi connectivity index (χ4v) is 1.17. The van der Waals surface area contributed by atoms with Gasteiger partial charge in [0.05, 0.1) is 0 Å². The summed E-state index contributed by atoms with van der Waals surface area (Å²) in [5.74, 6) is 0. The van der Waals surface area contributed by atoms with Crippen molar-refractivity contribution in [3.05, 3.63) is 36.1 Å². The van der Waals surface area contributed by atoms with E-state index >= 15 is 0 Å². The van der Waals surface area contributed by atoms with Crippen LogP contribution >= 0.6 is 0 Å². The molecule has 0 amide bonds. The van der Waals surface area contributed by atoms with E-state index in [1.807, 2.05) is 27.7 Å². The number of nitrogens with zero attached hydrogens (tertiary/aromatic N) is 3. The van der Waals surface area contributed by atoms with Gasteiger partial charge in [-0.25, -0.2) is 12.4 Å². The van der Waals surface area contributed by atoms with Crippen LogP contribution in [0.5, 0.6) is 0 Å². The molecule has 0 aromatic heterocycles. The zero-order valence-electron chi connectivity index (χ0n) is 18.9. The normalized spacial score (nSPS) is 10.8. The average Bonchev–Trinajstić information content (AvgIpc) is 2.32. The number of hydrogen-bond donors (Lipinski definition) is 0. The monoisotopic (exact) mass is 555 g/mol. The van der Waals surface area contributed by atoms with Gasteiger partial charge in [-0.05, 0) is 0 Å². The van der Waals surface area contributed by atoms with Gasteiger partial charge < -0.3 is 23.7 Å². The minimum Gasteiger partial charge on any atom is -0.342 e. The molecule has 0 saturated heterocycles. The maximum Gasteiger partial charge on any atom is -0.0951 e. The summed E-state index contributed by atoms with van der Waals surface area (Å²) in [6, 6.07) is 0.747. The van der Waals surface area contributed by atoms with Crippen LogP contribution in [0.2, 0.25) is 39.3 Å². The number of hydrogen-bond acceptors (Lipinski definition) is 1. The Morgan fingerprint density at radius 1 is 0.840 bits per heavy atom. The molecule has 0 aliphatic rings. The molecule has 0 radical (unpaired) electrons. The Balaban J connectivity index is -0.000000126. The van der Waals surface area contributed by atoms with Crippen LogP contribution in [-0.2, 0) is 19.6 Å². The van der Waals surface area contributed by atoms with Crippen molar-refractivity contribution in [3.8, 4) is 0 Å². The molecule has 154 valence electrons. The van der Waals surface area contributed by atoms with Gasteiger partial charge in [-0.2, -0.15) is 0 Å². The van der Waals surface area contributed by atoms with Crippen molar-refractivity contribution < 1.29 is 19.6 Å². The van der Waals surface area contributed by atoms with Gasteiger partial charge in [0.25, 0.3) is 0 Å². The van der Waals surface area contributed by atoms with Crippen molar-refractivity contribution in [2.45, 2.75) is 92.4 Å². The second-order valence-corrected chi connectivity index (χ2v) is 19.9. The second kappa shape index (κ2) is 20.6. The molecule has 0 aromatic carbocycles. The summed E-state index contributed by atoms with van der Waals surface area (Å²) in [5, 5.41) is 8.24. The van der Waals surface area contributed by atoms with Crippen LogP contribution in [0.3, 0.4) is 0 Å². The van der Waals surface area contributed by atoms with E-state index in [1.54, 1.807) is 12.4 Å². The molecule has 0 bridgehead atoms. The van der Waals surface area contributed by atoms with Gasteiger partial charge >= 0.3 is 43.0 Å². The third-order valence-corrected chi connectivity index (χ3v) is 1.81. The van der Waals surface area contributed by atoms with E-state index in [0.717, 1.165) is 6.54 Å². The molecule has 3 nitrogen and oxygen atoms in total. The van der Waals surface area contributed by atoms with Crippen molar-refractivity contribution in [2.75, 3.05) is 6.54 Å². The molecule has 25 heavy (non-hydrogen) atoms. The molecule has 0 N–H and O–H groups in total. The Hall–Kier alpha value is 0.262. The summed E-state index contributed by atoms with van der Waals surface area (Å²) in [5.41, 5.74) is 0. The maximum absolute atomic E-state index is 4.12. The zero-order valence-corrected chi connectivity index (χ0v) is 23.8. The summed E-state index contributed by atoms with van der Waals surface area (Å²) in [6.45, 7) is 32.5. The predicted molar refractivity (Wildman–Crippen MR) is 121 cm³/mol. The molecule has 0 spiro atoms. The Kier molecular flexibility index (Phi) is 27.1. The Morgan fingerprint density at radius 3 is 1.16 bits per heavy atom. The van der Waals surface area contributed by atoms with Crippen LogP contribution < -0.4 is 0 Å². The SMILES string of the molecule is CC(C)[N-]/C=C\[N-]C(C)C.CCC[N]=[W].[CH2-][Si](C)(C)C.[CH2-][Si](C)(C)C. The van der Waals surface area contributed by atoms with Gasteiger partial charge in [0, 0.05) is 0 Å². The third-order valence-electron chi connectivity index (χ3n) is 1.15. The molecule has 0 unspecified atom stereocenters. The fraction of sp³-hybridized carbons (Fsp3) is 0.789. The van der Waals surface area contributed by atoms with E-state index < -0.39 is 16.1 Å². The van der Waals surface area contributed by atoms with Gasteiger partial charge in [0.2, 0.25) is 0 Å². The molecule has 0 saturated carbocycles. The van der Waals surface area contributed by atoms with E-state index in [4.69, 9.17) is 0 Å². The summed E-state index contributed by atoms with van der Waals surface area (Å²) >= 11 is 1.35. The first-order valence-electron chi connectivity index (χ1n) is 9.09. The molecule has 0 fully saturated rings. The minimum atomic E-state index is -0.861. The van der Waals surface area contributed by atoms with E-state index in [9.17, 15) is 0 Å². The van der Waals surface area contributed by atoms with Crippen molar-refractivity contribution in [2.24, 2.45) is 3.50 Å². The molecule has 0 atom stereocenters. The van der Waals surface area contributed by atoms with E-state index in [2.05, 4.69) is 73.4 Å². The smallest absolute Gasteiger partial charge is 0.0951 e. The van der Waals surface area contributed by atoms with Gasteiger partial charge in [0.15, 0.2) is 0 Å². The van der Waals surface area contributed by atoms with Crippen molar-refractivity contribution in [1.29, 1.82) is 0 Å². The van der Waals surface area contributed by atoms with Crippen LogP contribution in [0.4, 0.5) is 0 Å². The second-order valence-electron chi connectivity index (χ2n) is 8.76. The molecule has 6 heteroatoms. The first kappa shape index (κ1) is 32.9. The van der Waals surface area contributed by atoms with Crippen LogP contribution in [0.25, 0.3) is 10.6 Å².